The van der Waals surface area contributed by atoms with Crippen LogP contribution in [0, 0.1) is 0 Å². The van der Waals surface area contributed by atoms with Crippen molar-refractivity contribution in [2.75, 3.05) is 5.32 Å². The molecule has 0 saturated heterocycles. The van der Waals surface area contributed by atoms with Gasteiger partial charge >= 0.3 is 0 Å². The highest BCUT2D eigenvalue weighted by molar-refractivity contribution is 5.89. The first-order valence-corrected chi connectivity index (χ1v) is 9.55. The lowest BCUT2D eigenvalue weighted by Crippen LogP contribution is -2.42. The van der Waals surface area contributed by atoms with Crippen molar-refractivity contribution >= 4 is 17.6 Å². The van der Waals surface area contributed by atoms with E-state index in [9.17, 15) is 9.59 Å². The molecular weight excluding hydrogens is 372 g/mol. The van der Waals surface area contributed by atoms with Gasteiger partial charge < -0.3 is 15.1 Å². The summed E-state index contributed by atoms with van der Waals surface area (Å²) < 4.78 is 5.66. The molecule has 3 heterocycles. The Morgan fingerprint density at radius 2 is 2.14 bits per heavy atom. The van der Waals surface area contributed by atoms with Gasteiger partial charge in [-0.2, -0.15) is 5.10 Å². The molecule has 1 aliphatic rings. The maximum Gasteiger partial charge on any atom is 0.245 e. The highest BCUT2D eigenvalue weighted by atomic mass is 16.4. The van der Waals surface area contributed by atoms with Gasteiger partial charge in [0.2, 0.25) is 17.7 Å². The number of carbonyl (C=O) groups is 2. The van der Waals surface area contributed by atoms with Crippen LogP contribution in [0.15, 0.2) is 41.1 Å². The number of oxazole rings is 1. The molecule has 9 heteroatoms. The van der Waals surface area contributed by atoms with Crippen molar-refractivity contribution in [3.8, 4) is 11.6 Å². The predicted octanol–water partition coefficient (Wildman–Crippen LogP) is 2.41. The van der Waals surface area contributed by atoms with Crippen molar-refractivity contribution in [1.29, 1.82) is 0 Å². The average molecular weight is 394 g/mol. The van der Waals surface area contributed by atoms with Crippen molar-refractivity contribution < 1.29 is 14.0 Å². The summed E-state index contributed by atoms with van der Waals surface area (Å²) in [5, 5.41) is 12.8. The summed E-state index contributed by atoms with van der Waals surface area (Å²) in [6.45, 7) is 1.52. The van der Waals surface area contributed by atoms with Crippen molar-refractivity contribution in [3.05, 3.63) is 48.1 Å². The Balaban J connectivity index is 1.24. The van der Waals surface area contributed by atoms with Gasteiger partial charge in [-0.15, -0.1) is 0 Å². The van der Waals surface area contributed by atoms with Crippen molar-refractivity contribution in [3.63, 3.8) is 0 Å². The largest absolute Gasteiger partial charge is 0.440 e. The van der Waals surface area contributed by atoms with Crippen molar-refractivity contribution in [1.82, 2.24) is 25.5 Å². The molecule has 3 N–H and O–H groups in total. The van der Waals surface area contributed by atoms with Gasteiger partial charge in [-0.3, -0.25) is 19.7 Å². The van der Waals surface area contributed by atoms with E-state index in [1.165, 1.54) is 6.92 Å². The van der Waals surface area contributed by atoms with E-state index < -0.39 is 0 Å². The summed E-state index contributed by atoms with van der Waals surface area (Å²) in [5.74, 6) is 1.79. The number of aromatic nitrogens is 4. The summed E-state index contributed by atoms with van der Waals surface area (Å²) in [7, 11) is 0. The SMILES string of the molecule is CC(=O)NC1CC(c2cc(NC(=O)CCc3cnc(-c4ccccn4)o3)[nH]n2)C1. The van der Waals surface area contributed by atoms with E-state index in [0.717, 1.165) is 18.5 Å². The minimum atomic E-state index is -0.138. The molecule has 0 unspecified atom stereocenters. The molecule has 0 spiro atoms. The third-order valence-electron chi connectivity index (χ3n) is 4.87. The van der Waals surface area contributed by atoms with Crippen molar-refractivity contribution in [2.24, 2.45) is 0 Å². The van der Waals surface area contributed by atoms with E-state index >= 15 is 0 Å². The maximum absolute atomic E-state index is 12.2. The minimum Gasteiger partial charge on any atom is -0.440 e. The fourth-order valence-corrected chi connectivity index (χ4v) is 3.36. The Kier molecular flexibility index (Phi) is 5.37. The molecule has 150 valence electrons. The number of rotatable bonds is 7. The molecule has 3 aromatic heterocycles. The number of anilines is 1. The Morgan fingerprint density at radius 3 is 2.90 bits per heavy atom. The van der Waals surface area contributed by atoms with Crippen LogP contribution in [-0.2, 0) is 16.0 Å². The van der Waals surface area contributed by atoms with Gasteiger partial charge in [0, 0.05) is 44.0 Å². The first-order chi connectivity index (χ1) is 14.1. The normalized spacial score (nSPS) is 18.1. The van der Waals surface area contributed by atoms with Crippen LogP contribution in [0.4, 0.5) is 5.82 Å². The molecule has 3 aromatic rings. The third-order valence-corrected chi connectivity index (χ3v) is 4.87. The van der Waals surface area contributed by atoms with E-state index in [0.29, 0.717) is 35.5 Å². The molecule has 0 aliphatic heterocycles. The lowest BCUT2D eigenvalue weighted by atomic mass is 9.78. The molecule has 29 heavy (non-hydrogen) atoms. The van der Waals surface area contributed by atoms with Crippen LogP contribution in [0.3, 0.4) is 0 Å². The zero-order valence-corrected chi connectivity index (χ0v) is 16.0. The third kappa shape index (κ3) is 4.68. The number of carbonyl (C=O) groups excluding carboxylic acids is 2. The second-order valence-corrected chi connectivity index (χ2v) is 7.17. The summed E-state index contributed by atoms with van der Waals surface area (Å²) in [6.07, 6.45) is 5.72. The zero-order valence-electron chi connectivity index (χ0n) is 16.0. The van der Waals surface area contributed by atoms with Gasteiger partial charge in [0.15, 0.2) is 0 Å². The van der Waals surface area contributed by atoms with Crippen LogP contribution in [0.5, 0.6) is 0 Å². The minimum absolute atomic E-state index is 0.0117. The summed E-state index contributed by atoms with van der Waals surface area (Å²) in [5.41, 5.74) is 1.56. The van der Waals surface area contributed by atoms with E-state index in [1.807, 2.05) is 24.3 Å². The van der Waals surface area contributed by atoms with Crippen LogP contribution in [0.2, 0.25) is 0 Å². The van der Waals surface area contributed by atoms with Gasteiger partial charge in [-0.1, -0.05) is 6.07 Å². The number of H-pyrrole nitrogens is 1. The molecule has 0 radical (unpaired) electrons. The fraction of sp³-hybridized carbons (Fsp3) is 0.350. The summed E-state index contributed by atoms with van der Waals surface area (Å²) >= 11 is 0. The lowest BCUT2D eigenvalue weighted by Gasteiger charge is -2.34. The number of nitrogens with zero attached hydrogens (tertiary/aromatic N) is 3. The molecule has 0 atom stereocenters. The second kappa shape index (κ2) is 8.26. The quantitative estimate of drug-likeness (QED) is 0.565. The van der Waals surface area contributed by atoms with Gasteiger partial charge in [0.1, 0.15) is 17.3 Å². The highest BCUT2D eigenvalue weighted by Crippen LogP contribution is 2.36. The highest BCUT2D eigenvalue weighted by Gasteiger charge is 2.32. The molecule has 4 rings (SSSR count). The van der Waals surface area contributed by atoms with Crippen LogP contribution >= 0.6 is 0 Å². The predicted molar refractivity (Wildman–Crippen MR) is 105 cm³/mol. The van der Waals surface area contributed by atoms with Crippen LogP contribution in [0.25, 0.3) is 11.6 Å². The Labute approximate surface area is 167 Å². The Hall–Kier alpha value is -3.49. The van der Waals surface area contributed by atoms with E-state index in [4.69, 9.17) is 4.42 Å². The smallest absolute Gasteiger partial charge is 0.245 e. The van der Waals surface area contributed by atoms with Gasteiger partial charge in [-0.05, 0) is 25.0 Å². The van der Waals surface area contributed by atoms with Gasteiger partial charge in [0.25, 0.3) is 0 Å². The molecular formula is C20H22N6O3. The molecule has 2 amide bonds. The van der Waals surface area contributed by atoms with Gasteiger partial charge in [-0.25, -0.2) is 4.98 Å². The number of hydrogen-bond donors (Lipinski definition) is 3. The van der Waals surface area contributed by atoms with E-state index in [1.54, 1.807) is 12.4 Å². The van der Waals surface area contributed by atoms with E-state index in [-0.39, 0.29) is 24.3 Å². The number of aromatic amines is 1. The number of amides is 2. The van der Waals surface area contributed by atoms with Crippen LogP contribution in [-0.4, -0.2) is 38.0 Å². The topological polar surface area (TPSA) is 126 Å². The molecule has 1 fully saturated rings. The standard InChI is InChI=1S/C20H22N6O3/c1-12(27)23-14-8-13(9-14)17-10-18(26-25-17)24-19(28)6-5-15-11-22-20(29-15)16-4-2-3-7-21-16/h2-4,7,10-11,13-14H,5-6,8-9H2,1H3,(H,23,27)(H2,24,25,26,28). The molecule has 1 saturated carbocycles. The molecule has 9 nitrogen and oxygen atoms in total. The van der Waals surface area contributed by atoms with Crippen LogP contribution in [0.1, 0.15) is 43.6 Å². The first-order valence-electron chi connectivity index (χ1n) is 9.55. The average Bonchev–Trinajstić information content (AvgIpc) is 3.33. The summed E-state index contributed by atoms with van der Waals surface area (Å²) in [6, 6.07) is 7.57. The number of hydrogen-bond acceptors (Lipinski definition) is 6. The number of pyridine rings is 1. The lowest BCUT2D eigenvalue weighted by molar-refractivity contribution is -0.120. The fourth-order valence-electron chi connectivity index (χ4n) is 3.36. The number of nitrogens with one attached hydrogen (secondary N) is 3. The van der Waals surface area contributed by atoms with Crippen LogP contribution < -0.4 is 10.6 Å². The van der Waals surface area contributed by atoms with Gasteiger partial charge in [0.05, 0.1) is 11.9 Å². The Morgan fingerprint density at radius 1 is 1.28 bits per heavy atom. The summed E-state index contributed by atoms with van der Waals surface area (Å²) in [4.78, 5) is 31.7. The van der Waals surface area contributed by atoms with Crippen molar-refractivity contribution in [2.45, 2.75) is 44.6 Å². The molecule has 0 aromatic carbocycles. The number of aryl methyl sites for hydroxylation is 1. The zero-order chi connectivity index (χ0) is 20.2. The first kappa shape index (κ1) is 18.9. The molecule has 0 bridgehead atoms. The maximum atomic E-state index is 12.2. The second-order valence-electron chi connectivity index (χ2n) is 7.17. The monoisotopic (exact) mass is 394 g/mol. The van der Waals surface area contributed by atoms with E-state index in [2.05, 4.69) is 30.8 Å². The molecule has 1 aliphatic carbocycles. The Bertz CT molecular complexity index is 991.